The summed E-state index contributed by atoms with van der Waals surface area (Å²) in [5.74, 6) is -3.10. The van der Waals surface area contributed by atoms with Gasteiger partial charge in [0.15, 0.2) is 0 Å². The minimum absolute atomic E-state index is 0.103. The van der Waals surface area contributed by atoms with Crippen molar-refractivity contribution in [1.82, 2.24) is 0 Å². The van der Waals surface area contributed by atoms with E-state index in [0.717, 1.165) is 30.3 Å². The van der Waals surface area contributed by atoms with Gasteiger partial charge in [0.2, 0.25) is 0 Å². The number of benzene rings is 2. The van der Waals surface area contributed by atoms with Crippen molar-refractivity contribution in [3.8, 4) is 0 Å². The van der Waals surface area contributed by atoms with Gasteiger partial charge in [-0.3, -0.25) is 29.8 Å². The average molecular weight is 357 g/mol. The summed E-state index contributed by atoms with van der Waals surface area (Å²) in [5.41, 5.74) is -2.22. The normalized spacial score (nSPS) is 12.8. The molecule has 0 aliphatic carbocycles. The maximum atomic E-state index is 12.5. The van der Waals surface area contributed by atoms with Gasteiger partial charge in [-0.2, -0.15) is 0 Å². The van der Waals surface area contributed by atoms with Gasteiger partial charge in [-0.15, -0.1) is 0 Å². The first-order valence-corrected chi connectivity index (χ1v) is 6.90. The Morgan fingerprint density at radius 1 is 0.885 bits per heavy atom. The standard InChI is InChI=1S/C15H7N3O8/c19-13-11-2-1-7(15(21)22)3-12(11)14(20)16(13)8-4-9(17(23)24)6-10(5-8)18(25)26/h1-6H,(H,21,22). The predicted octanol–water partition coefficient (Wildman–Crippen LogP) is 2.00. The number of nitro benzene ring substituents is 2. The number of fused-ring (bicyclic) bond motifs is 1. The number of carbonyl (C=O) groups is 3. The number of anilines is 1. The molecule has 0 spiro atoms. The zero-order valence-electron chi connectivity index (χ0n) is 12.6. The van der Waals surface area contributed by atoms with Crippen molar-refractivity contribution in [1.29, 1.82) is 0 Å². The van der Waals surface area contributed by atoms with Gasteiger partial charge in [0.05, 0.1) is 38.3 Å². The molecule has 1 heterocycles. The largest absolute Gasteiger partial charge is 0.478 e. The van der Waals surface area contributed by atoms with Crippen LogP contribution in [0.3, 0.4) is 0 Å². The number of amides is 2. The van der Waals surface area contributed by atoms with Crippen LogP contribution in [-0.2, 0) is 0 Å². The lowest BCUT2D eigenvalue weighted by Crippen LogP contribution is -2.29. The van der Waals surface area contributed by atoms with Gasteiger partial charge < -0.3 is 5.11 Å². The Hall–Kier alpha value is -4.15. The highest BCUT2D eigenvalue weighted by atomic mass is 16.6. The van der Waals surface area contributed by atoms with E-state index in [-0.39, 0.29) is 22.4 Å². The summed E-state index contributed by atoms with van der Waals surface area (Å²) < 4.78 is 0. The van der Waals surface area contributed by atoms with Crippen LogP contribution in [-0.4, -0.2) is 32.7 Å². The molecule has 0 bridgehead atoms. The number of imide groups is 1. The van der Waals surface area contributed by atoms with E-state index in [4.69, 9.17) is 5.11 Å². The molecule has 11 nitrogen and oxygen atoms in total. The molecule has 1 N–H and O–H groups in total. The summed E-state index contributed by atoms with van der Waals surface area (Å²) in [6.07, 6.45) is 0. The van der Waals surface area contributed by atoms with Gasteiger partial charge in [0.25, 0.3) is 23.2 Å². The molecule has 26 heavy (non-hydrogen) atoms. The van der Waals surface area contributed by atoms with Crippen LogP contribution in [0, 0.1) is 20.2 Å². The van der Waals surface area contributed by atoms with E-state index in [2.05, 4.69) is 0 Å². The van der Waals surface area contributed by atoms with Crippen molar-refractivity contribution in [3.63, 3.8) is 0 Å². The number of carboxylic acids is 1. The van der Waals surface area contributed by atoms with E-state index < -0.39 is 39.0 Å². The number of carboxylic acid groups (broad SMARTS) is 1. The van der Waals surface area contributed by atoms with Crippen molar-refractivity contribution in [3.05, 3.63) is 73.3 Å². The van der Waals surface area contributed by atoms with Crippen LogP contribution in [0.1, 0.15) is 31.1 Å². The quantitative estimate of drug-likeness (QED) is 0.493. The summed E-state index contributed by atoms with van der Waals surface area (Å²) >= 11 is 0. The Morgan fingerprint density at radius 3 is 1.92 bits per heavy atom. The van der Waals surface area contributed by atoms with Crippen LogP contribution in [0.5, 0.6) is 0 Å². The Labute approximate surface area is 143 Å². The summed E-state index contributed by atoms with van der Waals surface area (Å²) in [6.45, 7) is 0. The minimum Gasteiger partial charge on any atom is -0.478 e. The van der Waals surface area contributed by atoms with Gasteiger partial charge in [-0.25, -0.2) is 9.69 Å². The summed E-state index contributed by atoms with van der Waals surface area (Å²) in [5, 5.41) is 30.9. The zero-order chi connectivity index (χ0) is 19.2. The second kappa shape index (κ2) is 5.73. The molecular formula is C15H7N3O8. The molecule has 11 heteroatoms. The van der Waals surface area contributed by atoms with Crippen molar-refractivity contribution in [2.24, 2.45) is 0 Å². The maximum Gasteiger partial charge on any atom is 0.335 e. The van der Waals surface area contributed by atoms with E-state index >= 15 is 0 Å². The minimum atomic E-state index is -1.31. The van der Waals surface area contributed by atoms with Crippen LogP contribution in [0.4, 0.5) is 17.1 Å². The third-order valence-electron chi connectivity index (χ3n) is 3.70. The lowest BCUT2D eigenvalue weighted by atomic mass is 10.1. The molecular weight excluding hydrogens is 350 g/mol. The molecule has 0 atom stereocenters. The number of non-ortho nitro benzene ring substituents is 2. The van der Waals surface area contributed by atoms with Gasteiger partial charge >= 0.3 is 5.97 Å². The highest BCUT2D eigenvalue weighted by molar-refractivity contribution is 6.34. The Kier molecular flexibility index (Phi) is 3.68. The number of aromatic carboxylic acids is 1. The van der Waals surface area contributed by atoms with E-state index in [1.807, 2.05) is 0 Å². The molecule has 1 aliphatic heterocycles. The first-order chi connectivity index (χ1) is 12.2. The zero-order valence-corrected chi connectivity index (χ0v) is 12.6. The summed E-state index contributed by atoms with van der Waals surface area (Å²) in [6, 6.07) is 5.68. The molecule has 130 valence electrons. The molecule has 2 aromatic rings. The maximum absolute atomic E-state index is 12.5. The second-order valence-corrected chi connectivity index (χ2v) is 5.23. The van der Waals surface area contributed by atoms with E-state index in [0.29, 0.717) is 11.0 Å². The van der Waals surface area contributed by atoms with Gasteiger partial charge in [-0.1, -0.05) is 0 Å². The molecule has 0 fully saturated rings. The third kappa shape index (κ3) is 2.53. The Morgan fingerprint density at radius 2 is 1.42 bits per heavy atom. The smallest absolute Gasteiger partial charge is 0.335 e. The van der Waals surface area contributed by atoms with Crippen LogP contribution in [0.15, 0.2) is 36.4 Å². The number of hydrogen-bond acceptors (Lipinski definition) is 7. The highest BCUT2D eigenvalue weighted by Gasteiger charge is 2.38. The third-order valence-corrected chi connectivity index (χ3v) is 3.70. The van der Waals surface area contributed by atoms with Crippen molar-refractivity contribution in [2.45, 2.75) is 0 Å². The lowest BCUT2D eigenvalue weighted by Gasteiger charge is -2.13. The van der Waals surface area contributed by atoms with Gasteiger partial charge in [-0.05, 0) is 18.2 Å². The molecule has 0 saturated carbocycles. The van der Waals surface area contributed by atoms with Crippen molar-refractivity contribution < 1.29 is 29.3 Å². The Bertz CT molecular complexity index is 997. The van der Waals surface area contributed by atoms with E-state index in [9.17, 15) is 34.6 Å². The first kappa shape index (κ1) is 16.7. The molecule has 3 rings (SSSR count). The monoisotopic (exact) mass is 357 g/mol. The summed E-state index contributed by atoms with van der Waals surface area (Å²) in [4.78, 5) is 56.7. The first-order valence-electron chi connectivity index (χ1n) is 6.90. The van der Waals surface area contributed by atoms with Gasteiger partial charge in [0.1, 0.15) is 0 Å². The van der Waals surface area contributed by atoms with E-state index in [1.54, 1.807) is 0 Å². The van der Waals surface area contributed by atoms with Crippen LogP contribution in [0.2, 0.25) is 0 Å². The van der Waals surface area contributed by atoms with Crippen molar-refractivity contribution >= 4 is 34.8 Å². The molecule has 1 aliphatic rings. The van der Waals surface area contributed by atoms with Crippen LogP contribution < -0.4 is 4.90 Å². The van der Waals surface area contributed by atoms with Gasteiger partial charge in [0, 0.05) is 12.1 Å². The van der Waals surface area contributed by atoms with E-state index in [1.165, 1.54) is 0 Å². The van der Waals surface area contributed by atoms with Crippen molar-refractivity contribution in [2.75, 3.05) is 4.90 Å². The molecule has 0 radical (unpaired) electrons. The number of rotatable bonds is 4. The number of nitrogens with zero attached hydrogens (tertiary/aromatic N) is 3. The lowest BCUT2D eigenvalue weighted by molar-refractivity contribution is -0.394. The highest BCUT2D eigenvalue weighted by Crippen LogP contribution is 2.34. The fourth-order valence-electron chi connectivity index (χ4n) is 2.53. The fraction of sp³-hybridized carbons (Fsp3) is 0. The molecule has 0 saturated heterocycles. The molecule has 0 unspecified atom stereocenters. The topological polar surface area (TPSA) is 161 Å². The molecule has 2 aromatic carbocycles. The number of nitro groups is 2. The number of carbonyl (C=O) groups excluding carboxylic acids is 2. The van der Waals surface area contributed by atoms with Crippen LogP contribution >= 0.6 is 0 Å². The second-order valence-electron chi connectivity index (χ2n) is 5.23. The number of hydrogen-bond donors (Lipinski definition) is 1. The summed E-state index contributed by atoms with van der Waals surface area (Å²) in [7, 11) is 0. The molecule has 0 aromatic heterocycles. The SMILES string of the molecule is O=C(O)c1ccc2c(c1)C(=O)N(c1cc([N+](=O)[O-])cc([N+](=O)[O-])c1)C2=O. The predicted molar refractivity (Wildman–Crippen MR) is 84.3 cm³/mol. The van der Waals surface area contributed by atoms with Crippen LogP contribution in [0.25, 0.3) is 0 Å². The Balaban J connectivity index is 2.15. The average Bonchev–Trinajstić information content (AvgIpc) is 2.84. The fourth-order valence-corrected chi connectivity index (χ4v) is 2.53. The molecule has 2 amide bonds.